The van der Waals surface area contributed by atoms with E-state index in [1.165, 1.54) is 0 Å². The average Bonchev–Trinajstić information content (AvgIpc) is 2.53. The minimum absolute atomic E-state index is 0.0242. The third-order valence-corrected chi connectivity index (χ3v) is 3.97. The van der Waals surface area contributed by atoms with Crippen LogP contribution in [-0.2, 0) is 0 Å². The largest absolute Gasteiger partial charge is 0.378 e. The fraction of sp³-hybridized carbons (Fsp3) is 0.556. The van der Waals surface area contributed by atoms with Gasteiger partial charge in [-0.2, -0.15) is 0 Å². The van der Waals surface area contributed by atoms with E-state index in [0.717, 1.165) is 5.69 Å². The Hall–Kier alpha value is -2.24. The van der Waals surface area contributed by atoms with Crippen LogP contribution in [0.3, 0.4) is 0 Å². The molecule has 24 heavy (non-hydrogen) atoms. The highest BCUT2D eigenvalue weighted by atomic mass is 16.2. The Morgan fingerprint density at radius 2 is 1.46 bits per heavy atom. The first-order valence-electron chi connectivity index (χ1n) is 8.31. The molecule has 1 aromatic rings. The third-order valence-electron chi connectivity index (χ3n) is 3.97. The molecular formula is C18H28N4O2. The van der Waals surface area contributed by atoms with Gasteiger partial charge >= 0.3 is 6.03 Å². The molecule has 1 saturated heterocycles. The number of hydrogen-bond donors (Lipinski definition) is 1. The first kappa shape index (κ1) is 18.1. The van der Waals surface area contributed by atoms with E-state index >= 15 is 0 Å². The van der Waals surface area contributed by atoms with Crippen LogP contribution < -0.4 is 10.2 Å². The van der Waals surface area contributed by atoms with Crippen molar-refractivity contribution >= 4 is 17.6 Å². The van der Waals surface area contributed by atoms with Gasteiger partial charge in [-0.15, -0.1) is 0 Å². The van der Waals surface area contributed by atoms with Crippen LogP contribution in [0, 0.1) is 0 Å². The highest BCUT2D eigenvalue weighted by molar-refractivity contribution is 5.94. The molecule has 0 saturated carbocycles. The van der Waals surface area contributed by atoms with Crippen molar-refractivity contribution in [2.45, 2.75) is 26.3 Å². The second-order valence-corrected chi connectivity index (χ2v) is 7.40. The smallest absolute Gasteiger partial charge is 0.317 e. The number of nitrogens with one attached hydrogen (secondary N) is 1. The molecule has 1 heterocycles. The highest BCUT2D eigenvalue weighted by Gasteiger charge is 2.26. The van der Waals surface area contributed by atoms with Crippen LogP contribution in [0.2, 0.25) is 0 Å². The SMILES string of the molecule is CN(C)c1ccc(C(=O)N2CCN(C(=O)NC(C)(C)C)CC2)cc1. The van der Waals surface area contributed by atoms with Gasteiger partial charge in [0.1, 0.15) is 0 Å². The van der Waals surface area contributed by atoms with Gasteiger partial charge in [0.05, 0.1) is 0 Å². The van der Waals surface area contributed by atoms with Crippen molar-refractivity contribution in [3.05, 3.63) is 29.8 Å². The number of piperazine rings is 1. The summed E-state index contributed by atoms with van der Waals surface area (Å²) in [6, 6.07) is 7.54. The van der Waals surface area contributed by atoms with Crippen molar-refractivity contribution in [2.75, 3.05) is 45.2 Å². The van der Waals surface area contributed by atoms with Crippen LogP contribution in [0.1, 0.15) is 31.1 Å². The van der Waals surface area contributed by atoms with Crippen molar-refractivity contribution in [2.24, 2.45) is 0 Å². The zero-order valence-electron chi connectivity index (χ0n) is 15.3. The van der Waals surface area contributed by atoms with E-state index in [0.29, 0.717) is 31.7 Å². The van der Waals surface area contributed by atoms with E-state index in [1.807, 2.05) is 68.9 Å². The molecule has 0 atom stereocenters. The minimum atomic E-state index is -0.252. The Bertz CT molecular complexity index is 582. The molecule has 1 aromatic carbocycles. The van der Waals surface area contributed by atoms with E-state index in [2.05, 4.69) is 5.32 Å². The first-order chi connectivity index (χ1) is 11.2. The number of hydrogen-bond acceptors (Lipinski definition) is 3. The molecule has 6 nitrogen and oxygen atoms in total. The Morgan fingerprint density at radius 3 is 1.92 bits per heavy atom. The number of carbonyl (C=O) groups excluding carboxylic acids is 2. The Labute approximate surface area is 144 Å². The van der Waals surface area contributed by atoms with Crippen LogP contribution in [0.15, 0.2) is 24.3 Å². The summed E-state index contributed by atoms with van der Waals surface area (Å²) in [5, 5.41) is 2.96. The highest BCUT2D eigenvalue weighted by Crippen LogP contribution is 2.15. The van der Waals surface area contributed by atoms with Crippen LogP contribution in [0.5, 0.6) is 0 Å². The molecule has 1 aliphatic heterocycles. The number of benzene rings is 1. The summed E-state index contributed by atoms with van der Waals surface area (Å²) in [5.74, 6) is 0.0242. The molecule has 0 bridgehead atoms. The molecule has 0 spiro atoms. The minimum Gasteiger partial charge on any atom is -0.378 e. The van der Waals surface area contributed by atoms with Gasteiger partial charge in [-0.3, -0.25) is 4.79 Å². The normalized spacial score (nSPS) is 15.2. The summed E-state index contributed by atoms with van der Waals surface area (Å²) in [6.07, 6.45) is 0. The zero-order chi connectivity index (χ0) is 17.9. The van der Waals surface area contributed by atoms with Gasteiger partial charge < -0.3 is 20.0 Å². The number of carbonyl (C=O) groups is 2. The van der Waals surface area contributed by atoms with Gasteiger partial charge in [0.15, 0.2) is 0 Å². The molecule has 1 N–H and O–H groups in total. The average molecular weight is 332 g/mol. The van der Waals surface area contributed by atoms with Crippen molar-refractivity contribution in [3.63, 3.8) is 0 Å². The summed E-state index contributed by atoms with van der Waals surface area (Å²) in [7, 11) is 3.94. The zero-order valence-corrected chi connectivity index (χ0v) is 15.3. The Kier molecular flexibility index (Phi) is 5.36. The van der Waals surface area contributed by atoms with Gasteiger partial charge in [0.25, 0.3) is 5.91 Å². The van der Waals surface area contributed by atoms with Gasteiger partial charge in [-0.25, -0.2) is 4.79 Å². The van der Waals surface area contributed by atoms with Crippen LogP contribution in [0.25, 0.3) is 0 Å². The summed E-state index contributed by atoms with van der Waals surface area (Å²) >= 11 is 0. The number of nitrogens with zero attached hydrogens (tertiary/aromatic N) is 3. The van der Waals surface area contributed by atoms with Gasteiger partial charge in [-0.05, 0) is 45.0 Å². The van der Waals surface area contributed by atoms with Gasteiger partial charge in [0, 0.05) is 57.1 Å². The standard InChI is InChI=1S/C18H28N4O2/c1-18(2,3)19-17(24)22-12-10-21(11-13-22)16(23)14-6-8-15(9-7-14)20(4)5/h6-9H,10-13H2,1-5H3,(H,19,24). The summed E-state index contributed by atoms with van der Waals surface area (Å²) in [6.45, 7) is 8.12. The number of anilines is 1. The lowest BCUT2D eigenvalue weighted by Gasteiger charge is -2.36. The van der Waals surface area contributed by atoms with Gasteiger partial charge in [-0.1, -0.05) is 0 Å². The second kappa shape index (κ2) is 7.11. The molecule has 1 aliphatic rings. The molecule has 132 valence electrons. The molecule has 0 aliphatic carbocycles. The van der Waals surface area contributed by atoms with Crippen molar-refractivity contribution < 1.29 is 9.59 Å². The fourth-order valence-electron chi connectivity index (χ4n) is 2.60. The predicted octanol–water partition coefficient (Wildman–Crippen LogP) is 2.02. The fourth-order valence-corrected chi connectivity index (χ4v) is 2.60. The van der Waals surface area contributed by atoms with Crippen LogP contribution in [0.4, 0.5) is 10.5 Å². The number of rotatable bonds is 2. The van der Waals surface area contributed by atoms with Crippen LogP contribution >= 0.6 is 0 Å². The molecule has 0 unspecified atom stereocenters. The lowest BCUT2D eigenvalue weighted by molar-refractivity contribution is 0.0661. The molecular weight excluding hydrogens is 304 g/mol. The lowest BCUT2D eigenvalue weighted by Crippen LogP contribution is -2.56. The summed E-state index contributed by atoms with van der Waals surface area (Å²) in [5.41, 5.74) is 1.50. The van der Waals surface area contributed by atoms with E-state index < -0.39 is 0 Å². The maximum absolute atomic E-state index is 12.6. The molecule has 1 fully saturated rings. The van der Waals surface area contributed by atoms with E-state index in [1.54, 1.807) is 4.90 Å². The van der Waals surface area contributed by atoms with Crippen molar-refractivity contribution in [1.82, 2.24) is 15.1 Å². The van der Waals surface area contributed by atoms with E-state index in [4.69, 9.17) is 0 Å². The monoisotopic (exact) mass is 332 g/mol. The Morgan fingerprint density at radius 1 is 0.958 bits per heavy atom. The third kappa shape index (κ3) is 4.63. The quantitative estimate of drug-likeness (QED) is 0.901. The molecule has 0 radical (unpaired) electrons. The number of amides is 3. The second-order valence-electron chi connectivity index (χ2n) is 7.40. The van der Waals surface area contributed by atoms with Crippen molar-refractivity contribution in [3.8, 4) is 0 Å². The van der Waals surface area contributed by atoms with E-state index in [9.17, 15) is 9.59 Å². The van der Waals surface area contributed by atoms with E-state index in [-0.39, 0.29) is 17.5 Å². The molecule has 6 heteroatoms. The maximum atomic E-state index is 12.6. The molecule has 0 aromatic heterocycles. The summed E-state index contributed by atoms with van der Waals surface area (Å²) in [4.78, 5) is 30.3. The number of urea groups is 1. The first-order valence-corrected chi connectivity index (χ1v) is 8.31. The Balaban J connectivity index is 1.92. The molecule has 2 rings (SSSR count). The van der Waals surface area contributed by atoms with Crippen molar-refractivity contribution in [1.29, 1.82) is 0 Å². The van der Waals surface area contributed by atoms with Gasteiger partial charge in [0.2, 0.25) is 0 Å². The lowest BCUT2D eigenvalue weighted by atomic mass is 10.1. The maximum Gasteiger partial charge on any atom is 0.317 e. The predicted molar refractivity (Wildman–Crippen MR) is 96.5 cm³/mol. The topological polar surface area (TPSA) is 55.9 Å². The summed E-state index contributed by atoms with van der Waals surface area (Å²) < 4.78 is 0. The molecule has 3 amide bonds. The van der Waals surface area contributed by atoms with Crippen LogP contribution in [-0.4, -0.2) is 67.6 Å².